The van der Waals surface area contributed by atoms with E-state index in [1.165, 1.54) is 35.6 Å². The third-order valence-electron chi connectivity index (χ3n) is 3.34. The lowest BCUT2D eigenvalue weighted by molar-refractivity contribution is -0.138. The van der Waals surface area contributed by atoms with Gasteiger partial charge < -0.3 is 5.11 Å². The number of thiazole rings is 1. The molecule has 1 aliphatic carbocycles. The minimum Gasteiger partial charge on any atom is -0.481 e. The quantitative estimate of drug-likeness (QED) is 0.913. The lowest BCUT2D eigenvalue weighted by atomic mass is 10.1. The molecule has 7 heteroatoms. The van der Waals surface area contributed by atoms with Crippen LogP contribution in [-0.4, -0.2) is 22.0 Å². The topological polar surface area (TPSA) is 79.3 Å². The van der Waals surface area contributed by atoms with Gasteiger partial charge in [0.05, 0.1) is 5.69 Å². The highest BCUT2D eigenvalue weighted by Gasteiger charge is 2.32. The van der Waals surface area contributed by atoms with Crippen LogP contribution in [0, 0.1) is 5.82 Å². The van der Waals surface area contributed by atoms with Crippen molar-refractivity contribution in [3.63, 3.8) is 0 Å². The third kappa shape index (κ3) is 2.64. The molecule has 0 radical (unpaired) electrons. The number of carboxylic acid groups (broad SMARTS) is 1. The number of carbonyl (C=O) groups excluding carboxylic acids is 1. The van der Waals surface area contributed by atoms with Crippen LogP contribution in [0.25, 0.3) is 0 Å². The number of nitrogens with zero attached hydrogens (tertiary/aromatic N) is 1. The Morgan fingerprint density at radius 2 is 2.05 bits per heavy atom. The molecule has 1 aromatic heterocycles. The number of anilines is 1. The van der Waals surface area contributed by atoms with Crippen LogP contribution < -0.4 is 5.32 Å². The second-order valence-corrected chi connectivity index (χ2v) is 5.80. The van der Waals surface area contributed by atoms with Crippen molar-refractivity contribution in [1.82, 2.24) is 4.98 Å². The Morgan fingerprint density at radius 3 is 2.71 bits per heavy atom. The van der Waals surface area contributed by atoms with E-state index in [4.69, 9.17) is 5.11 Å². The number of aliphatic carboxylic acids is 1. The van der Waals surface area contributed by atoms with Crippen molar-refractivity contribution < 1.29 is 19.1 Å². The number of hydrogen-bond donors (Lipinski definition) is 2. The van der Waals surface area contributed by atoms with Crippen LogP contribution >= 0.6 is 11.3 Å². The van der Waals surface area contributed by atoms with Crippen LogP contribution in [0.5, 0.6) is 0 Å². The molecule has 1 heterocycles. The summed E-state index contributed by atoms with van der Waals surface area (Å²) in [7, 11) is 0. The smallest absolute Gasteiger partial charge is 0.312 e. The highest BCUT2D eigenvalue weighted by Crippen LogP contribution is 2.38. The number of benzene rings is 1. The van der Waals surface area contributed by atoms with Gasteiger partial charge in [-0.1, -0.05) is 0 Å². The average Bonchev–Trinajstić information content (AvgIpc) is 2.98. The number of aryl methyl sites for hydroxylation is 1. The molecule has 0 saturated heterocycles. The molecule has 0 spiro atoms. The first-order valence-electron chi connectivity index (χ1n) is 6.34. The molecule has 5 nitrogen and oxygen atoms in total. The second kappa shape index (κ2) is 5.25. The number of aromatic nitrogens is 1. The number of carbonyl (C=O) groups is 2. The van der Waals surface area contributed by atoms with Gasteiger partial charge in [0.2, 0.25) is 0 Å². The molecular formula is C14H11FN2O3S. The highest BCUT2D eigenvalue weighted by atomic mass is 32.1. The van der Waals surface area contributed by atoms with Crippen LogP contribution in [-0.2, 0) is 11.2 Å². The molecule has 1 aliphatic rings. The van der Waals surface area contributed by atoms with E-state index in [1.807, 2.05) is 0 Å². The molecule has 2 N–H and O–H groups in total. The number of halogens is 1. The van der Waals surface area contributed by atoms with Crippen LogP contribution in [0.2, 0.25) is 0 Å². The molecule has 1 amide bonds. The monoisotopic (exact) mass is 306 g/mol. The standard InChI is InChI=1S/C14H11FN2O3S/c15-8-3-1-7(2-4-8)12(18)17-14-16-11-9(13(19)20)5-6-10(11)21-14/h1-4,9H,5-6H2,(H,19,20)(H,16,17,18). The Bertz CT molecular complexity index is 712. The van der Waals surface area contributed by atoms with Gasteiger partial charge in [-0.2, -0.15) is 0 Å². The lowest BCUT2D eigenvalue weighted by Crippen LogP contribution is -2.13. The number of carboxylic acids is 1. The molecule has 1 aromatic carbocycles. The summed E-state index contributed by atoms with van der Waals surface area (Å²) in [4.78, 5) is 28.2. The maximum Gasteiger partial charge on any atom is 0.312 e. The number of rotatable bonds is 3. The molecule has 21 heavy (non-hydrogen) atoms. The summed E-state index contributed by atoms with van der Waals surface area (Å²) in [6, 6.07) is 5.17. The highest BCUT2D eigenvalue weighted by molar-refractivity contribution is 7.16. The van der Waals surface area contributed by atoms with E-state index >= 15 is 0 Å². The van der Waals surface area contributed by atoms with E-state index < -0.39 is 23.6 Å². The first kappa shape index (κ1) is 13.7. The molecule has 3 rings (SSSR count). The number of nitrogens with one attached hydrogen (secondary N) is 1. The fourth-order valence-electron chi connectivity index (χ4n) is 2.29. The van der Waals surface area contributed by atoms with Gasteiger partial charge in [-0.15, -0.1) is 11.3 Å². The van der Waals surface area contributed by atoms with Crippen molar-refractivity contribution >= 4 is 28.3 Å². The Kier molecular flexibility index (Phi) is 3.42. The molecule has 108 valence electrons. The van der Waals surface area contributed by atoms with Crippen LogP contribution in [0.4, 0.5) is 9.52 Å². The Balaban J connectivity index is 1.77. The largest absolute Gasteiger partial charge is 0.481 e. The number of fused-ring (bicyclic) bond motifs is 1. The Hall–Kier alpha value is -2.28. The summed E-state index contributed by atoms with van der Waals surface area (Å²) in [6.07, 6.45) is 1.21. The van der Waals surface area contributed by atoms with E-state index in [0.29, 0.717) is 29.2 Å². The molecule has 0 saturated carbocycles. The normalized spacial score (nSPS) is 16.5. The van der Waals surface area contributed by atoms with Crippen LogP contribution in [0.15, 0.2) is 24.3 Å². The molecule has 1 atom stereocenters. The van der Waals surface area contributed by atoms with Gasteiger partial charge in [0.1, 0.15) is 11.7 Å². The molecule has 0 aliphatic heterocycles. The van der Waals surface area contributed by atoms with Gasteiger partial charge in [0, 0.05) is 10.4 Å². The van der Waals surface area contributed by atoms with Gasteiger partial charge in [0.15, 0.2) is 5.13 Å². The fourth-order valence-corrected chi connectivity index (χ4v) is 3.33. The Morgan fingerprint density at radius 1 is 1.33 bits per heavy atom. The van der Waals surface area contributed by atoms with E-state index in [2.05, 4.69) is 10.3 Å². The predicted molar refractivity (Wildman–Crippen MR) is 75.2 cm³/mol. The van der Waals surface area contributed by atoms with Crippen molar-refractivity contribution in [2.24, 2.45) is 0 Å². The van der Waals surface area contributed by atoms with Crippen molar-refractivity contribution in [1.29, 1.82) is 0 Å². The first-order valence-corrected chi connectivity index (χ1v) is 7.15. The van der Waals surface area contributed by atoms with E-state index in [1.54, 1.807) is 0 Å². The Labute approximate surface area is 123 Å². The summed E-state index contributed by atoms with van der Waals surface area (Å²) in [5, 5.41) is 12.1. The van der Waals surface area contributed by atoms with Crippen molar-refractivity contribution in [2.75, 3.05) is 5.32 Å². The summed E-state index contributed by atoms with van der Waals surface area (Å²) in [5.74, 6) is -2.29. The minimum atomic E-state index is -0.893. The van der Waals surface area contributed by atoms with Gasteiger partial charge in [0.25, 0.3) is 5.91 Å². The second-order valence-electron chi connectivity index (χ2n) is 4.72. The maximum atomic E-state index is 12.8. The van der Waals surface area contributed by atoms with Gasteiger partial charge in [-0.05, 0) is 37.1 Å². The van der Waals surface area contributed by atoms with Crippen LogP contribution in [0.1, 0.15) is 33.3 Å². The zero-order chi connectivity index (χ0) is 15.0. The predicted octanol–water partition coefficient (Wildman–Crippen LogP) is 2.65. The summed E-state index contributed by atoms with van der Waals surface area (Å²) >= 11 is 1.29. The molecule has 0 fully saturated rings. The van der Waals surface area contributed by atoms with Gasteiger partial charge in [-0.3, -0.25) is 14.9 Å². The zero-order valence-corrected chi connectivity index (χ0v) is 11.6. The van der Waals surface area contributed by atoms with Gasteiger partial charge >= 0.3 is 5.97 Å². The van der Waals surface area contributed by atoms with Crippen molar-refractivity contribution in [2.45, 2.75) is 18.8 Å². The third-order valence-corrected chi connectivity index (χ3v) is 4.39. The zero-order valence-electron chi connectivity index (χ0n) is 10.8. The lowest BCUT2D eigenvalue weighted by Gasteiger charge is -2.03. The number of hydrogen-bond acceptors (Lipinski definition) is 4. The minimum absolute atomic E-state index is 0.321. The maximum absolute atomic E-state index is 12.8. The van der Waals surface area contributed by atoms with E-state index in [-0.39, 0.29) is 0 Å². The van der Waals surface area contributed by atoms with E-state index in [0.717, 1.165) is 4.88 Å². The summed E-state index contributed by atoms with van der Waals surface area (Å²) in [6.45, 7) is 0. The van der Waals surface area contributed by atoms with Crippen LogP contribution in [0.3, 0.4) is 0 Å². The SMILES string of the molecule is O=C(Nc1nc2c(s1)CCC2C(=O)O)c1ccc(F)cc1. The van der Waals surface area contributed by atoms with Crippen molar-refractivity contribution in [3.05, 3.63) is 46.2 Å². The molecule has 0 bridgehead atoms. The first-order chi connectivity index (χ1) is 10.0. The van der Waals surface area contributed by atoms with Crippen molar-refractivity contribution in [3.8, 4) is 0 Å². The van der Waals surface area contributed by atoms with E-state index in [9.17, 15) is 14.0 Å². The fraction of sp³-hybridized carbons (Fsp3) is 0.214. The molecule has 2 aromatic rings. The molecular weight excluding hydrogens is 295 g/mol. The average molecular weight is 306 g/mol. The van der Waals surface area contributed by atoms with Gasteiger partial charge in [-0.25, -0.2) is 9.37 Å². The summed E-state index contributed by atoms with van der Waals surface area (Å²) in [5.41, 5.74) is 0.864. The molecule has 1 unspecified atom stereocenters. The summed E-state index contributed by atoms with van der Waals surface area (Å²) < 4.78 is 12.8. The number of amides is 1.